The molecule has 0 radical (unpaired) electrons. The lowest BCUT2D eigenvalue weighted by molar-refractivity contribution is -0.108. The smallest absolute Gasteiger partial charge is 0.120 e. The van der Waals surface area contributed by atoms with Crippen LogP contribution in [0.5, 0.6) is 0 Å². The standard InChI is InChI=1S/C10H18O/c1-9(2)5-4-6-10(3)7-8-11/h4,6,8-10H,5,7H2,1-3H3. The normalized spacial score (nSPS) is 14.2. The van der Waals surface area contributed by atoms with Crippen molar-refractivity contribution in [3.8, 4) is 0 Å². The van der Waals surface area contributed by atoms with Crippen LogP contribution in [0.3, 0.4) is 0 Å². The number of aldehydes is 1. The molecule has 1 unspecified atom stereocenters. The molecule has 1 heteroatoms. The first-order valence-corrected chi connectivity index (χ1v) is 4.27. The SMILES string of the molecule is CC(C)CC=CC(C)CC=O. The molecule has 0 aliphatic rings. The molecule has 0 aromatic carbocycles. The predicted molar refractivity (Wildman–Crippen MR) is 48.4 cm³/mol. The van der Waals surface area contributed by atoms with Crippen LogP contribution in [0.1, 0.15) is 33.6 Å². The Morgan fingerprint density at radius 2 is 1.82 bits per heavy atom. The highest BCUT2D eigenvalue weighted by molar-refractivity contribution is 5.50. The summed E-state index contributed by atoms with van der Waals surface area (Å²) in [6.45, 7) is 6.44. The first kappa shape index (κ1) is 10.4. The molecule has 64 valence electrons. The molecular formula is C10H18O. The van der Waals surface area contributed by atoms with Crippen LogP contribution in [0.15, 0.2) is 12.2 Å². The molecule has 0 heterocycles. The van der Waals surface area contributed by atoms with Crippen molar-refractivity contribution in [1.29, 1.82) is 0 Å². The van der Waals surface area contributed by atoms with Gasteiger partial charge in [0, 0.05) is 6.42 Å². The van der Waals surface area contributed by atoms with Crippen molar-refractivity contribution >= 4 is 6.29 Å². The Labute approximate surface area is 69.5 Å². The number of carbonyl (C=O) groups excluding carboxylic acids is 1. The summed E-state index contributed by atoms with van der Waals surface area (Å²) in [7, 11) is 0. The summed E-state index contributed by atoms with van der Waals surface area (Å²) in [6, 6.07) is 0. The van der Waals surface area contributed by atoms with Crippen LogP contribution < -0.4 is 0 Å². The van der Waals surface area contributed by atoms with Crippen molar-refractivity contribution in [1.82, 2.24) is 0 Å². The minimum absolute atomic E-state index is 0.409. The van der Waals surface area contributed by atoms with E-state index in [4.69, 9.17) is 0 Å². The van der Waals surface area contributed by atoms with Gasteiger partial charge in [0.15, 0.2) is 0 Å². The van der Waals surface area contributed by atoms with Gasteiger partial charge in [0.25, 0.3) is 0 Å². The van der Waals surface area contributed by atoms with Crippen LogP contribution in [0, 0.1) is 11.8 Å². The molecule has 0 rings (SSSR count). The monoisotopic (exact) mass is 154 g/mol. The minimum Gasteiger partial charge on any atom is -0.303 e. The molecule has 0 aliphatic carbocycles. The highest BCUT2D eigenvalue weighted by atomic mass is 16.1. The first-order chi connectivity index (χ1) is 5.16. The van der Waals surface area contributed by atoms with Gasteiger partial charge in [0.05, 0.1) is 0 Å². The van der Waals surface area contributed by atoms with Crippen LogP contribution in [0.4, 0.5) is 0 Å². The fraction of sp³-hybridized carbons (Fsp3) is 0.700. The molecule has 11 heavy (non-hydrogen) atoms. The molecule has 0 amide bonds. The third-order valence-electron chi connectivity index (χ3n) is 1.54. The summed E-state index contributed by atoms with van der Waals surface area (Å²) >= 11 is 0. The van der Waals surface area contributed by atoms with Gasteiger partial charge in [0.2, 0.25) is 0 Å². The lowest BCUT2D eigenvalue weighted by atomic mass is 10.1. The molecule has 0 saturated heterocycles. The van der Waals surface area contributed by atoms with Crippen molar-refractivity contribution in [2.75, 3.05) is 0 Å². The van der Waals surface area contributed by atoms with E-state index in [-0.39, 0.29) is 0 Å². The summed E-state index contributed by atoms with van der Waals surface area (Å²) in [5.41, 5.74) is 0. The van der Waals surface area contributed by atoms with Crippen molar-refractivity contribution in [3.05, 3.63) is 12.2 Å². The number of hydrogen-bond acceptors (Lipinski definition) is 1. The largest absolute Gasteiger partial charge is 0.303 e. The molecule has 1 atom stereocenters. The van der Waals surface area contributed by atoms with E-state index >= 15 is 0 Å². The van der Waals surface area contributed by atoms with E-state index in [0.29, 0.717) is 12.3 Å². The molecule has 0 bridgehead atoms. The first-order valence-electron chi connectivity index (χ1n) is 4.27. The van der Waals surface area contributed by atoms with Gasteiger partial charge >= 0.3 is 0 Å². The van der Waals surface area contributed by atoms with Crippen molar-refractivity contribution in [2.24, 2.45) is 11.8 Å². The van der Waals surface area contributed by atoms with Gasteiger partial charge in [-0.2, -0.15) is 0 Å². The number of carbonyl (C=O) groups is 1. The van der Waals surface area contributed by atoms with E-state index in [2.05, 4.69) is 32.9 Å². The highest BCUT2D eigenvalue weighted by Crippen LogP contribution is 2.05. The topological polar surface area (TPSA) is 17.1 Å². The van der Waals surface area contributed by atoms with Gasteiger partial charge in [-0.15, -0.1) is 0 Å². The molecule has 0 saturated carbocycles. The third kappa shape index (κ3) is 7.31. The molecule has 0 fully saturated rings. The van der Waals surface area contributed by atoms with Crippen LogP contribution in [0.2, 0.25) is 0 Å². The zero-order chi connectivity index (χ0) is 8.69. The van der Waals surface area contributed by atoms with E-state index in [1.54, 1.807) is 0 Å². The molecule has 0 aromatic rings. The number of hydrogen-bond donors (Lipinski definition) is 0. The van der Waals surface area contributed by atoms with E-state index in [0.717, 1.165) is 18.6 Å². The lowest BCUT2D eigenvalue weighted by Crippen LogP contribution is -1.90. The minimum atomic E-state index is 0.409. The van der Waals surface area contributed by atoms with Crippen LogP contribution >= 0.6 is 0 Å². The lowest BCUT2D eigenvalue weighted by Gasteiger charge is -2.00. The second kappa shape index (κ2) is 6.14. The Morgan fingerprint density at radius 1 is 1.18 bits per heavy atom. The molecule has 1 nitrogen and oxygen atoms in total. The van der Waals surface area contributed by atoms with Gasteiger partial charge in [-0.05, 0) is 18.3 Å². The summed E-state index contributed by atoms with van der Waals surface area (Å²) in [4.78, 5) is 10.1. The van der Waals surface area contributed by atoms with E-state index in [9.17, 15) is 4.79 Å². The van der Waals surface area contributed by atoms with Gasteiger partial charge in [-0.25, -0.2) is 0 Å². The van der Waals surface area contributed by atoms with E-state index < -0.39 is 0 Å². The van der Waals surface area contributed by atoms with Crippen LogP contribution in [-0.2, 0) is 4.79 Å². The van der Waals surface area contributed by atoms with Crippen LogP contribution in [0.25, 0.3) is 0 Å². The zero-order valence-corrected chi connectivity index (χ0v) is 7.71. The van der Waals surface area contributed by atoms with Crippen molar-refractivity contribution in [2.45, 2.75) is 33.6 Å². The fourth-order valence-corrected chi connectivity index (χ4v) is 0.813. The van der Waals surface area contributed by atoms with E-state index in [1.807, 2.05) is 0 Å². The van der Waals surface area contributed by atoms with Crippen LogP contribution in [-0.4, -0.2) is 6.29 Å². The van der Waals surface area contributed by atoms with Gasteiger partial charge in [-0.3, -0.25) is 0 Å². The molecular weight excluding hydrogens is 136 g/mol. The maximum atomic E-state index is 10.1. The molecule has 0 spiro atoms. The molecule has 0 aliphatic heterocycles. The summed E-state index contributed by atoms with van der Waals surface area (Å²) in [5.74, 6) is 1.13. The predicted octanol–water partition coefficient (Wildman–Crippen LogP) is 2.81. The number of allylic oxidation sites excluding steroid dienone is 2. The van der Waals surface area contributed by atoms with Gasteiger partial charge < -0.3 is 4.79 Å². The second-order valence-corrected chi connectivity index (χ2v) is 3.44. The summed E-state index contributed by atoms with van der Waals surface area (Å²) in [5, 5.41) is 0. The molecule has 0 N–H and O–H groups in total. The second-order valence-electron chi connectivity index (χ2n) is 3.44. The van der Waals surface area contributed by atoms with Gasteiger partial charge in [0.1, 0.15) is 6.29 Å². The zero-order valence-electron chi connectivity index (χ0n) is 7.71. The van der Waals surface area contributed by atoms with Gasteiger partial charge in [-0.1, -0.05) is 32.9 Å². The summed E-state index contributed by atoms with van der Waals surface area (Å²) in [6.07, 6.45) is 7.02. The average molecular weight is 154 g/mol. The Hall–Kier alpha value is -0.590. The Balaban J connectivity index is 3.47. The maximum Gasteiger partial charge on any atom is 0.120 e. The summed E-state index contributed by atoms with van der Waals surface area (Å²) < 4.78 is 0. The Bertz CT molecular complexity index is 125. The van der Waals surface area contributed by atoms with Crippen molar-refractivity contribution < 1.29 is 4.79 Å². The van der Waals surface area contributed by atoms with E-state index in [1.165, 1.54) is 0 Å². The quantitative estimate of drug-likeness (QED) is 0.439. The van der Waals surface area contributed by atoms with Crippen molar-refractivity contribution in [3.63, 3.8) is 0 Å². The molecule has 0 aromatic heterocycles. The Morgan fingerprint density at radius 3 is 2.27 bits per heavy atom. The Kier molecular flexibility index (Phi) is 5.81. The third-order valence-corrected chi connectivity index (χ3v) is 1.54. The maximum absolute atomic E-state index is 10.1. The fourth-order valence-electron chi connectivity index (χ4n) is 0.813. The highest BCUT2D eigenvalue weighted by Gasteiger charge is 1.94. The average Bonchev–Trinajstić information content (AvgIpc) is 1.87. The number of rotatable bonds is 5.